The average Bonchev–Trinajstić information content (AvgIpc) is 2.66. The zero-order valence-electron chi connectivity index (χ0n) is 15.8. The Kier molecular flexibility index (Phi) is 5.91. The number of hydrogen-bond donors (Lipinski definition) is 0. The van der Waals surface area contributed by atoms with Crippen molar-refractivity contribution in [2.45, 2.75) is 52.2 Å². The Hall–Kier alpha value is -1.95. The molecule has 6 heteroatoms. The summed E-state index contributed by atoms with van der Waals surface area (Å²) in [5, 5.41) is 0. The van der Waals surface area contributed by atoms with Gasteiger partial charge in [-0.1, -0.05) is 6.07 Å². The van der Waals surface area contributed by atoms with Crippen LogP contribution in [0, 0.1) is 5.41 Å². The molecule has 2 amide bonds. The second kappa shape index (κ2) is 8.16. The fourth-order valence-corrected chi connectivity index (χ4v) is 4.12. The summed E-state index contributed by atoms with van der Waals surface area (Å²) in [6.45, 7) is 7.13. The van der Waals surface area contributed by atoms with Crippen LogP contribution in [-0.2, 0) is 20.9 Å². The van der Waals surface area contributed by atoms with Crippen LogP contribution in [0.4, 0.5) is 0 Å². The van der Waals surface area contributed by atoms with Crippen molar-refractivity contribution in [3.63, 3.8) is 0 Å². The van der Waals surface area contributed by atoms with Gasteiger partial charge < -0.3 is 14.5 Å². The number of pyridine rings is 1. The van der Waals surface area contributed by atoms with Gasteiger partial charge in [0.15, 0.2) is 0 Å². The third kappa shape index (κ3) is 4.23. The van der Waals surface area contributed by atoms with Gasteiger partial charge in [-0.25, -0.2) is 0 Å². The van der Waals surface area contributed by atoms with Gasteiger partial charge in [-0.15, -0.1) is 0 Å². The van der Waals surface area contributed by atoms with Gasteiger partial charge in [0.1, 0.15) is 6.10 Å². The Morgan fingerprint density at radius 2 is 2.08 bits per heavy atom. The number of piperidine rings is 2. The quantitative estimate of drug-likeness (QED) is 0.809. The molecule has 3 rings (SSSR count). The predicted molar refractivity (Wildman–Crippen MR) is 98.2 cm³/mol. The van der Waals surface area contributed by atoms with Gasteiger partial charge >= 0.3 is 0 Å². The lowest BCUT2D eigenvalue weighted by atomic mass is 9.72. The maximum absolute atomic E-state index is 12.4. The number of nitrogens with zero attached hydrogens (tertiary/aromatic N) is 3. The number of hydrogen-bond acceptors (Lipinski definition) is 4. The molecule has 1 spiro atoms. The monoisotopic (exact) mass is 359 g/mol. The third-order valence-electron chi connectivity index (χ3n) is 5.73. The van der Waals surface area contributed by atoms with Crippen LogP contribution >= 0.6 is 0 Å². The summed E-state index contributed by atoms with van der Waals surface area (Å²) >= 11 is 0. The van der Waals surface area contributed by atoms with Crippen molar-refractivity contribution < 1.29 is 14.3 Å². The highest BCUT2D eigenvalue weighted by atomic mass is 16.5. The Labute approximate surface area is 155 Å². The third-order valence-corrected chi connectivity index (χ3v) is 5.73. The Bertz CT molecular complexity index is 626. The fraction of sp³-hybridized carbons (Fsp3) is 0.650. The molecular formula is C20H29N3O3. The first-order valence-corrected chi connectivity index (χ1v) is 9.61. The molecule has 0 bridgehead atoms. The topological polar surface area (TPSA) is 62.7 Å². The maximum atomic E-state index is 12.4. The van der Waals surface area contributed by atoms with Crippen molar-refractivity contribution in [1.29, 1.82) is 0 Å². The highest BCUT2D eigenvalue weighted by Crippen LogP contribution is 2.40. The van der Waals surface area contributed by atoms with Crippen LogP contribution in [-0.4, -0.2) is 58.9 Å². The van der Waals surface area contributed by atoms with Crippen molar-refractivity contribution in [2.75, 3.05) is 26.2 Å². The number of aromatic nitrogens is 1. The summed E-state index contributed by atoms with van der Waals surface area (Å²) < 4.78 is 5.44. The zero-order chi connectivity index (χ0) is 18.6. The summed E-state index contributed by atoms with van der Waals surface area (Å²) in [5.41, 5.74) is 1.06. The van der Waals surface area contributed by atoms with Gasteiger partial charge in [0.25, 0.3) is 5.91 Å². The number of likely N-dealkylation sites (tertiary alicyclic amines) is 2. The molecule has 6 nitrogen and oxygen atoms in total. The molecule has 0 aromatic carbocycles. The molecule has 2 saturated heterocycles. The predicted octanol–water partition coefficient (Wildman–Crippen LogP) is 2.24. The number of carbonyl (C=O) groups excluding carboxylic acids is 2. The van der Waals surface area contributed by atoms with Gasteiger partial charge in [-0.2, -0.15) is 0 Å². The number of carbonyl (C=O) groups is 2. The van der Waals surface area contributed by atoms with Gasteiger partial charge in [0, 0.05) is 38.9 Å². The van der Waals surface area contributed by atoms with Gasteiger partial charge in [-0.3, -0.25) is 14.6 Å². The molecule has 2 fully saturated rings. The van der Waals surface area contributed by atoms with Gasteiger partial charge in [-0.05, 0) is 50.7 Å². The molecule has 0 N–H and O–H groups in total. The van der Waals surface area contributed by atoms with E-state index in [4.69, 9.17) is 4.74 Å². The van der Waals surface area contributed by atoms with E-state index in [1.165, 1.54) is 0 Å². The standard InChI is InChI=1S/C20H29N3O3/c1-3-26-16(2)19(25)22-12-9-20(10-13-22)8-7-18(24)23(15-20)14-17-6-4-5-11-21-17/h4-6,11,16H,3,7-10,12-15H2,1-2H3/t16-/m0/s1. The van der Waals surface area contributed by atoms with E-state index in [1.807, 2.05) is 41.8 Å². The molecule has 2 aliphatic rings. The zero-order valence-corrected chi connectivity index (χ0v) is 15.8. The Morgan fingerprint density at radius 3 is 2.73 bits per heavy atom. The first-order chi connectivity index (χ1) is 12.5. The van der Waals surface area contributed by atoms with Crippen LogP contribution in [0.25, 0.3) is 0 Å². The first-order valence-electron chi connectivity index (χ1n) is 9.61. The SMILES string of the molecule is CCO[C@@H](C)C(=O)N1CCC2(CCC(=O)N(Cc3ccccn3)C2)CC1. The molecule has 0 saturated carbocycles. The summed E-state index contributed by atoms with van der Waals surface area (Å²) in [7, 11) is 0. The second-order valence-electron chi connectivity index (χ2n) is 7.49. The van der Waals surface area contributed by atoms with E-state index in [1.54, 1.807) is 6.20 Å². The number of rotatable bonds is 5. The van der Waals surface area contributed by atoms with E-state index in [9.17, 15) is 9.59 Å². The molecule has 0 radical (unpaired) electrons. The molecule has 1 atom stereocenters. The minimum absolute atomic E-state index is 0.0823. The highest BCUT2D eigenvalue weighted by Gasteiger charge is 2.42. The largest absolute Gasteiger partial charge is 0.369 e. The van der Waals surface area contributed by atoms with Crippen molar-refractivity contribution in [1.82, 2.24) is 14.8 Å². The van der Waals surface area contributed by atoms with E-state index >= 15 is 0 Å². The molecule has 0 aliphatic carbocycles. The molecule has 2 aliphatic heterocycles. The summed E-state index contributed by atoms with van der Waals surface area (Å²) in [6.07, 6.45) is 4.81. The number of amides is 2. The van der Waals surface area contributed by atoms with E-state index in [2.05, 4.69) is 4.98 Å². The van der Waals surface area contributed by atoms with Crippen LogP contribution in [0.5, 0.6) is 0 Å². The second-order valence-corrected chi connectivity index (χ2v) is 7.49. The smallest absolute Gasteiger partial charge is 0.251 e. The van der Waals surface area contributed by atoms with Crippen molar-refractivity contribution in [2.24, 2.45) is 5.41 Å². The minimum Gasteiger partial charge on any atom is -0.369 e. The lowest BCUT2D eigenvalue weighted by molar-refractivity contribution is -0.148. The first kappa shape index (κ1) is 18.8. The van der Waals surface area contributed by atoms with Crippen LogP contribution in [0.15, 0.2) is 24.4 Å². The lowest BCUT2D eigenvalue weighted by Gasteiger charge is -2.47. The molecule has 0 unspecified atom stereocenters. The minimum atomic E-state index is -0.373. The average molecular weight is 359 g/mol. The van der Waals surface area contributed by atoms with Crippen LogP contribution < -0.4 is 0 Å². The van der Waals surface area contributed by atoms with E-state index in [0.29, 0.717) is 19.6 Å². The molecule has 3 heterocycles. The maximum Gasteiger partial charge on any atom is 0.251 e. The molecule has 1 aromatic heterocycles. The van der Waals surface area contributed by atoms with Crippen LogP contribution in [0.2, 0.25) is 0 Å². The van der Waals surface area contributed by atoms with Crippen LogP contribution in [0.1, 0.15) is 45.2 Å². The van der Waals surface area contributed by atoms with Gasteiger partial charge in [0.2, 0.25) is 5.91 Å². The van der Waals surface area contributed by atoms with Crippen LogP contribution in [0.3, 0.4) is 0 Å². The summed E-state index contributed by atoms with van der Waals surface area (Å²) in [5.74, 6) is 0.295. The molecule has 26 heavy (non-hydrogen) atoms. The summed E-state index contributed by atoms with van der Waals surface area (Å²) in [4.78, 5) is 33.0. The molecular weight excluding hydrogens is 330 g/mol. The Balaban J connectivity index is 1.59. The normalized spacial score (nSPS) is 21.1. The number of ether oxygens (including phenoxy) is 1. The fourth-order valence-electron chi connectivity index (χ4n) is 4.12. The lowest BCUT2D eigenvalue weighted by Crippen LogP contribution is -2.53. The molecule has 1 aromatic rings. The van der Waals surface area contributed by atoms with E-state index in [0.717, 1.165) is 44.6 Å². The van der Waals surface area contributed by atoms with E-state index < -0.39 is 0 Å². The van der Waals surface area contributed by atoms with Crippen molar-refractivity contribution in [3.05, 3.63) is 30.1 Å². The van der Waals surface area contributed by atoms with Gasteiger partial charge in [0.05, 0.1) is 12.2 Å². The summed E-state index contributed by atoms with van der Waals surface area (Å²) in [6, 6.07) is 5.81. The molecule has 142 valence electrons. The highest BCUT2D eigenvalue weighted by molar-refractivity contribution is 5.80. The van der Waals surface area contributed by atoms with Crippen molar-refractivity contribution in [3.8, 4) is 0 Å². The van der Waals surface area contributed by atoms with Crippen molar-refractivity contribution >= 4 is 11.8 Å². The Morgan fingerprint density at radius 1 is 1.31 bits per heavy atom. The van der Waals surface area contributed by atoms with E-state index in [-0.39, 0.29) is 23.3 Å².